The molecule has 224 valence electrons. The van der Waals surface area contributed by atoms with Crippen LogP contribution < -0.4 is 0 Å². The van der Waals surface area contributed by atoms with Gasteiger partial charge in [0.1, 0.15) is 5.82 Å². The van der Waals surface area contributed by atoms with Gasteiger partial charge in [0.15, 0.2) is 0 Å². The Kier molecular flexibility index (Phi) is 5.16. The molecule has 2 heteroatoms. The molecule has 10 rings (SSSR count). The number of pyridine rings is 1. The first-order chi connectivity index (χ1) is 22.8. The molecule has 2 nitrogen and oxygen atoms in total. The highest BCUT2D eigenvalue weighted by atomic mass is 15.1. The lowest BCUT2D eigenvalue weighted by Gasteiger charge is -2.23. The molecule has 0 radical (unpaired) electrons. The summed E-state index contributed by atoms with van der Waals surface area (Å²) >= 11 is 0. The highest BCUT2D eigenvalue weighted by Gasteiger charge is 2.39. The van der Waals surface area contributed by atoms with E-state index >= 15 is 0 Å². The Morgan fingerprint density at radius 2 is 1.19 bits per heavy atom. The Morgan fingerprint density at radius 3 is 1.98 bits per heavy atom. The van der Waals surface area contributed by atoms with E-state index in [1.165, 1.54) is 82.6 Å². The van der Waals surface area contributed by atoms with Crippen LogP contribution in [0.3, 0.4) is 0 Å². The average Bonchev–Trinajstić information content (AvgIpc) is 3.65. The molecule has 0 saturated carbocycles. The second-order valence-corrected chi connectivity index (χ2v) is 14.4. The molecule has 8 aromatic rings. The van der Waals surface area contributed by atoms with E-state index in [0.717, 1.165) is 11.4 Å². The summed E-state index contributed by atoms with van der Waals surface area (Å²) in [5.74, 6) is 0.942. The molecule has 0 unspecified atom stereocenters. The van der Waals surface area contributed by atoms with Crippen LogP contribution in [0.15, 0.2) is 134 Å². The molecular formula is C45H34N2. The molecule has 0 atom stereocenters. The molecule has 47 heavy (non-hydrogen) atoms. The van der Waals surface area contributed by atoms with Gasteiger partial charge in [-0.2, -0.15) is 0 Å². The molecule has 6 aromatic carbocycles. The van der Waals surface area contributed by atoms with E-state index in [4.69, 9.17) is 4.98 Å². The van der Waals surface area contributed by atoms with Crippen molar-refractivity contribution < 1.29 is 0 Å². The Hall–Kier alpha value is -5.47. The molecule has 0 spiro atoms. The molecule has 2 aromatic heterocycles. The fourth-order valence-electron chi connectivity index (χ4n) is 8.96. The zero-order chi connectivity index (χ0) is 31.7. The van der Waals surface area contributed by atoms with Crippen LogP contribution in [-0.2, 0) is 10.8 Å². The Balaban J connectivity index is 1.20. The maximum Gasteiger partial charge on any atom is 0.137 e. The average molecular weight is 603 g/mol. The van der Waals surface area contributed by atoms with Gasteiger partial charge in [-0.3, -0.25) is 4.57 Å². The summed E-state index contributed by atoms with van der Waals surface area (Å²) < 4.78 is 2.43. The van der Waals surface area contributed by atoms with Crippen molar-refractivity contribution in [2.24, 2.45) is 0 Å². The minimum atomic E-state index is -0.151. The molecule has 2 heterocycles. The second-order valence-electron chi connectivity index (χ2n) is 14.4. The van der Waals surface area contributed by atoms with Crippen molar-refractivity contribution in [1.29, 1.82) is 0 Å². The van der Waals surface area contributed by atoms with Gasteiger partial charge in [-0.15, -0.1) is 0 Å². The standard InChI is InChI=1S/C45H34N2/c1-44(2)36-15-9-8-14-32(36)35-25-28(17-22-38(35)44)29-19-24-40(46-26-29)47-39-23-18-27-11-5-6-12-30(27)41(39)34-21-20-33-31-13-7-10-16-37(31)45(3,4)42(33)43(34)47/h5-26H,1-4H3. The van der Waals surface area contributed by atoms with Gasteiger partial charge in [-0.1, -0.05) is 131 Å². The van der Waals surface area contributed by atoms with E-state index < -0.39 is 0 Å². The molecule has 0 fully saturated rings. The van der Waals surface area contributed by atoms with Gasteiger partial charge in [-0.05, 0) is 85.1 Å². The van der Waals surface area contributed by atoms with Crippen molar-refractivity contribution in [3.05, 3.63) is 156 Å². The molecule has 2 aliphatic rings. The molecule has 2 aliphatic carbocycles. The predicted octanol–water partition coefficient (Wildman–Crippen LogP) is 11.6. The number of benzene rings is 6. The van der Waals surface area contributed by atoms with Crippen LogP contribution in [-0.4, -0.2) is 9.55 Å². The van der Waals surface area contributed by atoms with Gasteiger partial charge in [0.2, 0.25) is 0 Å². The lowest BCUT2D eigenvalue weighted by molar-refractivity contribution is 0.660. The third-order valence-electron chi connectivity index (χ3n) is 11.2. The number of aromatic nitrogens is 2. The first-order valence-corrected chi connectivity index (χ1v) is 16.6. The van der Waals surface area contributed by atoms with Gasteiger partial charge in [-0.25, -0.2) is 4.98 Å². The molecular weight excluding hydrogens is 569 g/mol. The quantitative estimate of drug-likeness (QED) is 0.192. The third kappa shape index (κ3) is 3.43. The minimum absolute atomic E-state index is 0.000959. The van der Waals surface area contributed by atoms with Gasteiger partial charge in [0.25, 0.3) is 0 Å². The zero-order valence-corrected chi connectivity index (χ0v) is 27.1. The first-order valence-electron chi connectivity index (χ1n) is 16.6. The fraction of sp³-hybridized carbons (Fsp3) is 0.133. The van der Waals surface area contributed by atoms with Crippen LogP contribution >= 0.6 is 0 Å². The Labute approximate surface area is 275 Å². The van der Waals surface area contributed by atoms with E-state index in [-0.39, 0.29) is 10.8 Å². The van der Waals surface area contributed by atoms with Crippen LogP contribution in [0.25, 0.3) is 71.8 Å². The molecule has 0 amide bonds. The van der Waals surface area contributed by atoms with E-state index in [9.17, 15) is 0 Å². The highest BCUT2D eigenvalue weighted by molar-refractivity contribution is 6.23. The zero-order valence-electron chi connectivity index (χ0n) is 27.1. The van der Waals surface area contributed by atoms with Crippen molar-refractivity contribution in [2.45, 2.75) is 38.5 Å². The first kappa shape index (κ1) is 26.7. The Morgan fingerprint density at radius 1 is 0.511 bits per heavy atom. The fourth-order valence-corrected chi connectivity index (χ4v) is 8.96. The molecule has 0 aliphatic heterocycles. The topological polar surface area (TPSA) is 17.8 Å². The lowest BCUT2D eigenvalue weighted by atomic mass is 9.81. The van der Waals surface area contributed by atoms with Gasteiger partial charge >= 0.3 is 0 Å². The van der Waals surface area contributed by atoms with Crippen LogP contribution in [0, 0.1) is 0 Å². The lowest BCUT2D eigenvalue weighted by Crippen LogP contribution is -2.16. The predicted molar refractivity (Wildman–Crippen MR) is 197 cm³/mol. The van der Waals surface area contributed by atoms with E-state index in [0.29, 0.717) is 0 Å². The van der Waals surface area contributed by atoms with Crippen molar-refractivity contribution in [2.75, 3.05) is 0 Å². The summed E-state index contributed by atoms with van der Waals surface area (Å²) in [5.41, 5.74) is 15.5. The monoisotopic (exact) mass is 602 g/mol. The smallest absolute Gasteiger partial charge is 0.137 e. The van der Waals surface area contributed by atoms with Gasteiger partial charge in [0, 0.05) is 33.4 Å². The summed E-state index contributed by atoms with van der Waals surface area (Å²) in [6.45, 7) is 9.42. The summed E-state index contributed by atoms with van der Waals surface area (Å²) in [5, 5.41) is 5.10. The Bertz CT molecular complexity index is 2610. The minimum Gasteiger partial charge on any atom is -0.293 e. The van der Waals surface area contributed by atoms with Crippen molar-refractivity contribution in [3.8, 4) is 39.2 Å². The summed E-state index contributed by atoms with van der Waals surface area (Å²) in [6.07, 6.45) is 2.06. The third-order valence-corrected chi connectivity index (χ3v) is 11.2. The largest absolute Gasteiger partial charge is 0.293 e. The molecule has 0 bridgehead atoms. The number of hydrogen-bond acceptors (Lipinski definition) is 1. The number of rotatable bonds is 2. The SMILES string of the molecule is CC1(C)c2ccccc2-c2cc(-c3ccc(-n4c5ccc6ccccc6c5c5ccc6c(c54)C(C)(C)c4ccccc4-6)nc3)ccc21. The van der Waals surface area contributed by atoms with Gasteiger partial charge < -0.3 is 0 Å². The summed E-state index contributed by atoms with van der Waals surface area (Å²) in [6, 6.07) is 47.2. The van der Waals surface area contributed by atoms with Crippen LogP contribution in [0.1, 0.15) is 49.9 Å². The maximum absolute atomic E-state index is 5.23. The molecule has 0 saturated heterocycles. The number of fused-ring (bicyclic) bond motifs is 12. The second kappa shape index (κ2) is 9.08. The maximum atomic E-state index is 5.23. The van der Waals surface area contributed by atoms with E-state index in [1.54, 1.807) is 0 Å². The van der Waals surface area contributed by atoms with Crippen molar-refractivity contribution in [1.82, 2.24) is 9.55 Å². The highest BCUT2D eigenvalue weighted by Crippen LogP contribution is 2.53. The normalized spacial score (nSPS) is 15.1. The van der Waals surface area contributed by atoms with Crippen LogP contribution in [0.5, 0.6) is 0 Å². The van der Waals surface area contributed by atoms with Gasteiger partial charge in [0.05, 0.1) is 11.0 Å². The van der Waals surface area contributed by atoms with E-state index in [2.05, 4.69) is 166 Å². The van der Waals surface area contributed by atoms with Crippen LogP contribution in [0.4, 0.5) is 0 Å². The van der Waals surface area contributed by atoms with Crippen LogP contribution in [0.2, 0.25) is 0 Å². The van der Waals surface area contributed by atoms with E-state index in [1.807, 2.05) is 0 Å². The summed E-state index contributed by atoms with van der Waals surface area (Å²) in [4.78, 5) is 5.23. The number of hydrogen-bond donors (Lipinski definition) is 0. The van der Waals surface area contributed by atoms with Crippen molar-refractivity contribution >= 4 is 32.6 Å². The summed E-state index contributed by atoms with van der Waals surface area (Å²) in [7, 11) is 0. The molecule has 0 N–H and O–H groups in total. The van der Waals surface area contributed by atoms with Crippen molar-refractivity contribution in [3.63, 3.8) is 0 Å². The number of nitrogens with zero attached hydrogens (tertiary/aromatic N) is 2.